The lowest BCUT2D eigenvalue weighted by atomic mass is 10.0. The molecule has 0 aliphatic heterocycles. The predicted octanol–water partition coefficient (Wildman–Crippen LogP) is 3.76. The van der Waals surface area contributed by atoms with Crippen molar-refractivity contribution in [2.75, 3.05) is 0 Å². The third kappa shape index (κ3) is 2.67. The van der Waals surface area contributed by atoms with Crippen molar-refractivity contribution in [2.45, 2.75) is 46.2 Å². The second-order valence-electron chi connectivity index (χ2n) is 5.27. The van der Waals surface area contributed by atoms with Crippen LogP contribution in [0, 0.1) is 13.8 Å². The Hall–Kier alpha value is -1.13. The average molecular weight is 336 g/mol. The lowest BCUT2D eigenvalue weighted by molar-refractivity contribution is 0.442. The van der Waals surface area contributed by atoms with E-state index in [4.69, 9.17) is 10.8 Å². The van der Waals surface area contributed by atoms with Gasteiger partial charge >= 0.3 is 0 Å². The SMILES string of the molecule is CCc1c(C)nn(C(c2ccccc2Br)C(C)N)c1C. The molecule has 2 unspecified atom stereocenters. The van der Waals surface area contributed by atoms with Gasteiger partial charge in [-0.1, -0.05) is 41.1 Å². The molecule has 0 amide bonds. The fourth-order valence-electron chi connectivity index (χ4n) is 2.83. The number of halogens is 1. The third-order valence-corrected chi connectivity index (χ3v) is 4.54. The van der Waals surface area contributed by atoms with E-state index in [1.54, 1.807) is 0 Å². The molecule has 4 heteroatoms. The van der Waals surface area contributed by atoms with Gasteiger partial charge in [0.1, 0.15) is 0 Å². The number of nitrogens with zero attached hydrogens (tertiary/aromatic N) is 2. The van der Waals surface area contributed by atoms with Crippen LogP contribution in [0.5, 0.6) is 0 Å². The van der Waals surface area contributed by atoms with E-state index in [0.717, 1.165) is 16.6 Å². The lowest BCUT2D eigenvalue weighted by Gasteiger charge is -2.24. The summed E-state index contributed by atoms with van der Waals surface area (Å²) in [7, 11) is 0. The van der Waals surface area contributed by atoms with Gasteiger partial charge in [-0.15, -0.1) is 0 Å². The zero-order chi connectivity index (χ0) is 14.9. The molecule has 0 aliphatic rings. The Morgan fingerprint density at radius 2 is 1.95 bits per heavy atom. The van der Waals surface area contributed by atoms with Crippen LogP contribution in [0.2, 0.25) is 0 Å². The van der Waals surface area contributed by atoms with Gasteiger partial charge in [-0.3, -0.25) is 4.68 Å². The van der Waals surface area contributed by atoms with Gasteiger partial charge in [0.05, 0.1) is 11.7 Å². The number of rotatable bonds is 4. The molecular formula is C16H22BrN3. The first kappa shape index (κ1) is 15.3. The van der Waals surface area contributed by atoms with Crippen LogP contribution in [0.3, 0.4) is 0 Å². The maximum absolute atomic E-state index is 6.26. The van der Waals surface area contributed by atoms with E-state index in [9.17, 15) is 0 Å². The van der Waals surface area contributed by atoms with Crippen molar-refractivity contribution in [3.8, 4) is 0 Å². The molecule has 0 spiro atoms. The summed E-state index contributed by atoms with van der Waals surface area (Å²) in [5.74, 6) is 0. The molecule has 0 bridgehead atoms. The van der Waals surface area contributed by atoms with E-state index in [0.29, 0.717) is 0 Å². The first-order chi connectivity index (χ1) is 9.47. The fraction of sp³-hybridized carbons (Fsp3) is 0.438. The van der Waals surface area contributed by atoms with Crippen molar-refractivity contribution in [3.63, 3.8) is 0 Å². The number of aryl methyl sites for hydroxylation is 1. The fourth-order valence-corrected chi connectivity index (χ4v) is 3.35. The Morgan fingerprint density at radius 1 is 1.30 bits per heavy atom. The van der Waals surface area contributed by atoms with Crippen LogP contribution in [-0.2, 0) is 6.42 Å². The maximum atomic E-state index is 6.26. The van der Waals surface area contributed by atoms with Gasteiger partial charge in [-0.25, -0.2) is 0 Å². The molecule has 2 rings (SSSR count). The van der Waals surface area contributed by atoms with Crippen LogP contribution in [0.1, 0.15) is 42.4 Å². The minimum Gasteiger partial charge on any atom is -0.326 e. The van der Waals surface area contributed by atoms with E-state index >= 15 is 0 Å². The molecular weight excluding hydrogens is 314 g/mol. The minimum absolute atomic E-state index is 0.0172. The van der Waals surface area contributed by atoms with Crippen molar-refractivity contribution in [1.82, 2.24) is 9.78 Å². The van der Waals surface area contributed by atoms with Gasteiger partial charge in [0.2, 0.25) is 0 Å². The molecule has 1 aromatic heterocycles. The van der Waals surface area contributed by atoms with Crippen molar-refractivity contribution >= 4 is 15.9 Å². The van der Waals surface area contributed by atoms with Crippen molar-refractivity contribution in [3.05, 3.63) is 51.3 Å². The molecule has 0 saturated heterocycles. The highest BCUT2D eigenvalue weighted by Crippen LogP contribution is 2.30. The first-order valence-electron chi connectivity index (χ1n) is 7.02. The molecule has 1 aromatic carbocycles. The molecule has 0 saturated carbocycles. The van der Waals surface area contributed by atoms with Crippen LogP contribution < -0.4 is 5.73 Å². The minimum atomic E-state index is -0.0172. The van der Waals surface area contributed by atoms with Gasteiger partial charge in [0.25, 0.3) is 0 Å². The quantitative estimate of drug-likeness (QED) is 0.924. The summed E-state index contributed by atoms with van der Waals surface area (Å²) in [5.41, 5.74) is 11.1. The topological polar surface area (TPSA) is 43.8 Å². The third-order valence-electron chi connectivity index (χ3n) is 3.81. The van der Waals surface area contributed by atoms with Crippen LogP contribution in [-0.4, -0.2) is 15.8 Å². The van der Waals surface area contributed by atoms with Crippen LogP contribution in [0.15, 0.2) is 28.7 Å². The summed E-state index contributed by atoms with van der Waals surface area (Å²) in [5, 5.41) is 4.74. The Balaban J connectivity index is 2.58. The number of benzene rings is 1. The molecule has 3 nitrogen and oxygen atoms in total. The molecule has 0 fully saturated rings. The molecule has 2 N–H and O–H groups in total. The van der Waals surface area contributed by atoms with Gasteiger partial charge in [0.15, 0.2) is 0 Å². The molecule has 108 valence electrons. The predicted molar refractivity (Wildman–Crippen MR) is 87.0 cm³/mol. The summed E-state index contributed by atoms with van der Waals surface area (Å²) in [4.78, 5) is 0. The lowest BCUT2D eigenvalue weighted by Crippen LogP contribution is -2.32. The second kappa shape index (κ2) is 6.10. The van der Waals surface area contributed by atoms with Gasteiger partial charge in [-0.2, -0.15) is 5.10 Å². The largest absolute Gasteiger partial charge is 0.326 e. The van der Waals surface area contributed by atoms with Crippen LogP contribution >= 0.6 is 15.9 Å². The second-order valence-corrected chi connectivity index (χ2v) is 6.13. The normalized spacial score (nSPS) is 14.3. The molecule has 2 atom stereocenters. The Morgan fingerprint density at radius 3 is 2.45 bits per heavy atom. The van der Waals surface area contributed by atoms with E-state index in [-0.39, 0.29) is 12.1 Å². The van der Waals surface area contributed by atoms with E-state index in [1.807, 2.05) is 19.1 Å². The highest BCUT2D eigenvalue weighted by Gasteiger charge is 2.24. The van der Waals surface area contributed by atoms with Crippen molar-refractivity contribution < 1.29 is 0 Å². The summed E-state index contributed by atoms with van der Waals surface area (Å²) in [6, 6.07) is 8.25. The molecule has 20 heavy (non-hydrogen) atoms. The Kier molecular flexibility index (Phi) is 4.66. The molecule has 2 aromatic rings. The van der Waals surface area contributed by atoms with Gasteiger partial charge in [-0.05, 0) is 44.4 Å². The van der Waals surface area contributed by atoms with Gasteiger partial charge < -0.3 is 5.73 Å². The average Bonchev–Trinajstić information content (AvgIpc) is 2.67. The number of hydrogen-bond acceptors (Lipinski definition) is 2. The first-order valence-corrected chi connectivity index (χ1v) is 7.81. The highest BCUT2D eigenvalue weighted by molar-refractivity contribution is 9.10. The highest BCUT2D eigenvalue weighted by atomic mass is 79.9. The Labute approximate surface area is 129 Å². The summed E-state index contributed by atoms with van der Waals surface area (Å²) in [6.45, 7) is 8.40. The standard InChI is InChI=1S/C16H22BrN3/c1-5-13-11(3)19-20(12(13)4)16(10(2)18)14-8-6-7-9-15(14)17/h6-10,16H,5,18H2,1-4H3. The van der Waals surface area contributed by atoms with Crippen molar-refractivity contribution in [2.24, 2.45) is 5.73 Å². The molecule has 1 heterocycles. The van der Waals surface area contributed by atoms with Crippen LogP contribution in [0.4, 0.5) is 0 Å². The zero-order valence-electron chi connectivity index (χ0n) is 12.5. The smallest absolute Gasteiger partial charge is 0.0930 e. The monoisotopic (exact) mass is 335 g/mol. The molecule has 0 radical (unpaired) electrons. The number of hydrogen-bond donors (Lipinski definition) is 1. The summed E-state index contributed by atoms with van der Waals surface area (Å²) >= 11 is 3.63. The zero-order valence-corrected chi connectivity index (χ0v) is 14.1. The summed E-state index contributed by atoms with van der Waals surface area (Å²) < 4.78 is 3.16. The maximum Gasteiger partial charge on any atom is 0.0930 e. The summed E-state index contributed by atoms with van der Waals surface area (Å²) in [6.07, 6.45) is 0.999. The van der Waals surface area contributed by atoms with Gasteiger partial charge in [0, 0.05) is 16.2 Å². The van der Waals surface area contributed by atoms with Crippen LogP contribution in [0.25, 0.3) is 0 Å². The number of nitrogens with two attached hydrogens (primary N) is 1. The Bertz CT molecular complexity index is 602. The van der Waals surface area contributed by atoms with E-state index in [2.05, 4.69) is 53.5 Å². The van der Waals surface area contributed by atoms with Crippen molar-refractivity contribution in [1.29, 1.82) is 0 Å². The molecule has 0 aliphatic carbocycles. The number of aromatic nitrogens is 2. The van der Waals surface area contributed by atoms with E-state index < -0.39 is 0 Å². The van der Waals surface area contributed by atoms with E-state index in [1.165, 1.54) is 16.8 Å².